The lowest BCUT2D eigenvalue weighted by atomic mass is 9.98. The number of ketones is 1. The molecule has 3 rings (SSSR count). The summed E-state index contributed by atoms with van der Waals surface area (Å²) >= 11 is 1.45. The Morgan fingerprint density at radius 2 is 1.93 bits per heavy atom. The average Bonchev–Trinajstić information content (AvgIpc) is 3.02. The Hall–Kier alpha value is -2.80. The lowest BCUT2D eigenvalue weighted by Crippen LogP contribution is -2.27. The molecule has 0 fully saturated rings. The van der Waals surface area contributed by atoms with Crippen molar-refractivity contribution in [3.8, 4) is 0 Å². The molecule has 0 radical (unpaired) electrons. The van der Waals surface area contributed by atoms with Crippen LogP contribution in [0.3, 0.4) is 0 Å². The number of ether oxygens (including phenoxy) is 1. The van der Waals surface area contributed by atoms with Crippen molar-refractivity contribution in [2.45, 2.75) is 47.1 Å². The van der Waals surface area contributed by atoms with Gasteiger partial charge in [0.15, 0.2) is 6.61 Å². The first-order chi connectivity index (χ1) is 13.8. The maximum atomic E-state index is 12.7. The van der Waals surface area contributed by atoms with Crippen molar-refractivity contribution in [3.63, 3.8) is 0 Å². The number of esters is 1. The van der Waals surface area contributed by atoms with Gasteiger partial charge in [0.05, 0.1) is 11.7 Å². The van der Waals surface area contributed by atoms with Crippen LogP contribution in [0.2, 0.25) is 0 Å². The zero-order chi connectivity index (χ0) is 21.1. The number of rotatable bonds is 7. The van der Waals surface area contributed by atoms with Crippen molar-refractivity contribution in [1.29, 1.82) is 0 Å². The van der Waals surface area contributed by atoms with Crippen LogP contribution in [0.1, 0.15) is 45.8 Å². The van der Waals surface area contributed by atoms with Crippen molar-refractivity contribution in [3.05, 3.63) is 62.0 Å². The maximum Gasteiger partial charge on any atom is 0.326 e. The van der Waals surface area contributed by atoms with E-state index in [9.17, 15) is 14.4 Å². The van der Waals surface area contributed by atoms with Gasteiger partial charge in [0.25, 0.3) is 5.56 Å². The molecule has 0 spiro atoms. The number of benzene rings is 1. The summed E-state index contributed by atoms with van der Waals surface area (Å²) in [5.74, 6) is -0.883. The summed E-state index contributed by atoms with van der Waals surface area (Å²) in [5, 5.41) is 0.530. The van der Waals surface area contributed by atoms with Crippen molar-refractivity contribution in [2.24, 2.45) is 0 Å². The molecule has 29 heavy (non-hydrogen) atoms. The highest BCUT2D eigenvalue weighted by Crippen LogP contribution is 2.25. The van der Waals surface area contributed by atoms with Crippen LogP contribution in [0.4, 0.5) is 0 Å². The molecule has 0 aliphatic heterocycles. The van der Waals surface area contributed by atoms with Gasteiger partial charge in [-0.1, -0.05) is 26.0 Å². The van der Waals surface area contributed by atoms with Crippen LogP contribution in [0.5, 0.6) is 0 Å². The number of thiophene rings is 1. The second-order valence-electron chi connectivity index (χ2n) is 6.92. The van der Waals surface area contributed by atoms with E-state index in [1.54, 1.807) is 0 Å². The van der Waals surface area contributed by atoms with E-state index in [1.165, 1.54) is 22.2 Å². The van der Waals surface area contributed by atoms with Crippen molar-refractivity contribution < 1.29 is 14.3 Å². The monoisotopic (exact) mass is 412 g/mol. The Kier molecular flexibility index (Phi) is 6.27. The second-order valence-corrected chi connectivity index (χ2v) is 8.13. The molecule has 0 saturated carbocycles. The summed E-state index contributed by atoms with van der Waals surface area (Å²) in [6.07, 6.45) is 2.90. The maximum absolute atomic E-state index is 12.7. The number of fused-ring (bicyclic) bond motifs is 1. The number of hydrogen-bond acceptors (Lipinski definition) is 6. The lowest BCUT2D eigenvalue weighted by Gasteiger charge is -2.10. The number of Topliss-reactive ketones (excluding diaryl/α,β-unsaturated/α-hetero) is 1. The molecule has 6 nitrogen and oxygen atoms in total. The number of nitrogens with zero attached hydrogens (tertiary/aromatic N) is 2. The number of carbonyl (C=O) groups excluding carboxylic acids is 2. The zero-order valence-corrected chi connectivity index (χ0v) is 17.9. The van der Waals surface area contributed by atoms with Gasteiger partial charge >= 0.3 is 5.97 Å². The van der Waals surface area contributed by atoms with Crippen LogP contribution in [-0.4, -0.2) is 27.9 Å². The van der Waals surface area contributed by atoms with Crippen LogP contribution < -0.4 is 5.56 Å². The molecule has 7 heteroatoms. The topological polar surface area (TPSA) is 78.3 Å². The van der Waals surface area contributed by atoms with Crippen molar-refractivity contribution in [1.82, 2.24) is 9.55 Å². The molecule has 0 aliphatic carbocycles. The van der Waals surface area contributed by atoms with Crippen LogP contribution in [-0.2, 0) is 28.9 Å². The zero-order valence-electron chi connectivity index (χ0n) is 17.1. The summed E-state index contributed by atoms with van der Waals surface area (Å²) in [6.45, 7) is 7.18. The van der Waals surface area contributed by atoms with E-state index in [4.69, 9.17) is 4.74 Å². The first-order valence-corrected chi connectivity index (χ1v) is 10.4. The second kappa shape index (κ2) is 8.69. The Labute approximate surface area is 173 Å². The number of aromatic nitrogens is 2. The van der Waals surface area contributed by atoms with Gasteiger partial charge in [-0.15, -0.1) is 11.3 Å². The molecule has 2 heterocycles. The molecule has 0 aliphatic rings. The SMILES string of the molecule is CCc1ccc(CC)c(C(=O)COC(=O)Cn2cnc3sc(C)c(C)c3c2=O)c1. The Bertz CT molecular complexity index is 1140. The predicted molar refractivity (Wildman–Crippen MR) is 114 cm³/mol. The first-order valence-electron chi connectivity index (χ1n) is 9.61. The summed E-state index contributed by atoms with van der Waals surface area (Å²) in [6, 6.07) is 5.81. The van der Waals surface area contributed by atoms with Crippen molar-refractivity contribution in [2.75, 3.05) is 6.61 Å². The first kappa shape index (κ1) is 20.9. The van der Waals surface area contributed by atoms with E-state index in [0.29, 0.717) is 15.8 Å². The normalized spacial score (nSPS) is 11.0. The van der Waals surface area contributed by atoms with Crippen LogP contribution in [0, 0.1) is 13.8 Å². The molecule has 0 unspecified atom stereocenters. The molecule has 1 aromatic carbocycles. The highest BCUT2D eigenvalue weighted by atomic mass is 32.1. The Morgan fingerprint density at radius 1 is 1.17 bits per heavy atom. The lowest BCUT2D eigenvalue weighted by molar-refractivity contribution is -0.143. The fourth-order valence-corrected chi connectivity index (χ4v) is 4.19. The van der Waals surface area contributed by atoms with Crippen LogP contribution in [0.15, 0.2) is 29.3 Å². The third-order valence-corrected chi connectivity index (χ3v) is 6.20. The molecular formula is C22H24N2O4S. The van der Waals surface area contributed by atoms with Gasteiger partial charge in [-0.3, -0.25) is 19.0 Å². The summed E-state index contributed by atoms with van der Waals surface area (Å²) in [4.78, 5) is 43.4. The van der Waals surface area contributed by atoms with E-state index in [0.717, 1.165) is 34.4 Å². The van der Waals surface area contributed by atoms with E-state index in [-0.39, 0.29) is 24.5 Å². The summed E-state index contributed by atoms with van der Waals surface area (Å²) in [7, 11) is 0. The molecule has 0 bridgehead atoms. The summed E-state index contributed by atoms with van der Waals surface area (Å²) in [5.41, 5.74) is 3.18. The average molecular weight is 413 g/mol. The van der Waals surface area contributed by atoms with Crippen LogP contribution >= 0.6 is 11.3 Å². The minimum Gasteiger partial charge on any atom is -0.456 e. The minimum absolute atomic E-state index is 0.240. The largest absolute Gasteiger partial charge is 0.456 e. The molecule has 152 valence electrons. The van der Waals surface area contributed by atoms with Gasteiger partial charge in [-0.05, 0) is 49.4 Å². The van der Waals surface area contributed by atoms with Gasteiger partial charge in [-0.2, -0.15) is 0 Å². The molecule has 0 amide bonds. The third kappa shape index (κ3) is 4.29. The number of hydrogen-bond donors (Lipinski definition) is 0. The minimum atomic E-state index is -0.643. The van der Waals surface area contributed by atoms with Crippen LogP contribution in [0.25, 0.3) is 10.2 Å². The summed E-state index contributed by atoms with van der Waals surface area (Å²) < 4.78 is 6.39. The Balaban J connectivity index is 1.71. The number of aryl methyl sites for hydroxylation is 4. The highest BCUT2D eigenvalue weighted by molar-refractivity contribution is 7.18. The predicted octanol–water partition coefficient (Wildman–Crippen LogP) is 3.63. The van der Waals surface area contributed by atoms with Gasteiger partial charge < -0.3 is 4.74 Å². The fourth-order valence-electron chi connectivity index (χ4n) is 3.20. The molecule has 0 saturated heterocycles. The van der Waals surface area contributed by atoms with Crippen molar-refractivity contribution >= 4 is 33.3 Å². The van der Waals surface area contributed by atoms with E-state index < -0.39 is 5.97 Å². The van der Waals surface area contributed by atoms with E-state index >= 15 is 0 Å². The van der Waals surface area contributed by atoms with Gasteiger partial charge in [0.2, 0.25) is 5.78 Å². The molecule has 0 N–H and O–H groups in total. The number of carbonyl (C=O) groups is 2. The Morgan fingerprint density at radius 3 is 2.62 bits per heavy atom. The fraction of sp³-hybridized carbons (Fsp3) is 0.364. The molecule has 0 atom stereocenters. The smallest absolute Gasteiger partial charge is 0.326 e. The van der Waals surface area contributed by atoms with Gasteiger partial charge in [0, 0.05) is 10.4 Å². The quantitative estimate of drug-likeness (QED) is 0.437. The van der Waals surface area contributed by atoms with E-state index in [2.05, 4.69) is 4.98 Å². The van der Waals surface area contributed by atoms with E-state index in [1.807, 2.05) is 45.9 Å². The highest BCUT2D eigenvalue weighted by Gasteiger charge is 2.17. The molecular weight excluding hydrogens is 388 g/mol. The molecule has 2 aromatic heterocycles. The van der Waals surface area contributed by atoms with Gasteiger partial charge in [-0.25, -0.2) is 4.98 Å². The van der Waals surface area contributed by atoms with Gasteiger partial charge in [0.1, 0.15) is 11.4 Å². The standard InChI is InChI=1S/C22H24N2O4S/c1-5-15-7-8-16(6-2)17(9-15)18(25)11-28-19(26)10-24-12-23-21-20(22(24)27)13(3)14(4)29-21/h7-9,12H,5-6,10-11H2,1-4H3. The third-order valence-electron chi connectivity index (χ3n) is 5.08. The molecule has 3 aromatic rings.